The number of nitrogens with one attached hydrogen (secondary N) is 1. The number of pyridine rings is 1. The highest BCUT2D eigenvalue weighted by Gasteiger charge is 2.39. The summed E-state index contributed by atoms with van der Waals surface area (Å²) in [4.78, 5) is 16.9. The second-order valence-corrected chi connectivity index (χ2v) is 8.75. The molecule has 0 aliphatic carbocycles. The summed E-state index contributed by atoms with van der Waals surface area (Å²) in [6.07, 6.45) is 4.51. The first-order chi connectivity index (χ1) is 13.6. The predicted molar refractivity (Wildman–Crippen MR) is 107 cm³/mol. The third-order valence-corrected chi connectivity index (χ3v) is 6.95. The van der Waals surface area contributed by atoms with Crippen LogP contribution in [-0.4, -0.2) is 36.2 Å². The number of hydrogen-bond donors (Lipinski definition) is 1. The molecule has 2 aromatic carbocycles. The zero-order valence-corrected chi connectivity index (χ0v) is 16.1. The maximum Gasteiger partial charge on any atom is 0.243 e. The molecule has 1 amide bonds. The summed E-state index contributed by atoms with van der Waals surface area (Å²) >= 11 is 0. The molecule has 1 aromatic heterocycles. The van der Waals surface area contributed by atoms with Crippen molar-refractivity contribution in [1.82, 2.24) is 14.6 Å². The van der Waals surface area contributed by atoms with Crippen LogP contribution in [0.15, 0.2) is 71.9 Å². The maximum atomic E-state index is 13.2. The molecule has 6 nitrogen and oxygen atoms in total. The number of hydrogen-bond acceptors (Lipinski definition) is 4. The fourth-order valence-corrected chi connectivity index (χ4v) is 5.25. The van der Waals surface area contributed by atoms with E-state index in [4.69, 9.17) is 0 Å². The summed E-state index contributed by atoms with van der Waals surface area (Å²) in [6, 6.07) is 15.7. The monoisotopic (exact) mass is 395 g/mol. The van der Waals surface area contributed by atoms with Gasteiger partial charge in [-0.2, -0.15) is 4.31 Å². The first kappa shape index (κ1) is 18.6. The fourth-order valence-electron chi connectivity index (χ4n) is 3.56. The summed E-state index contributed by atoms with van der Waals surface area (Å²) in [6.45, 7) is 0.699. The normalized spacial score (nSPS) is 17.6. The molecule has 0 radical (unpaired) electrons. The standard InChI is InChI=1S/C21H21N3O3S/c25-21(23-15-16-9-11-22-12-10-16)20-6-3-13-24(20)28(26,27)19-8-7-17-4-1-2-5-18(17)14-19/h1-2,4-5,7-12,14,20H,3,6,13,15H2,(H,23,25)/t20-/m1/s1. The molecule has 1 saturated heterocycles. The molecule has 144 valence electrons. The van der Waals surface area contributed by atoms with Gasteiger partial charge in [-0.25, -0.2) is 8.42 Å². The zero-order chi connectivity index (χ0) is 19.6. The van der Waals surface area contributed by atoms with Crippen LogP contribution in [-0.2, 0) is 21.4 Å². The first-order valence-electron chi connectivity index (χ1n) is 9.23. The van der Waals surface area contributed by atoms with Crippen LogP contribution >= 0.6 is 0 Å². The third-order valence-electron chi connectivity index (χ3n) is 5.05. The Labute approximate surface area is 164 Å². The van der Waals surface area contributed by atoms with Crippen molar-refractivity contribution in [3.8, 4) is 0 Å². The molecule has 1 N–H and O–H groups in total. The van der Waals surface area contributed by atoms with Crippen LogP contribution in [0.4, 0.5) is 0 Å². The molecule has 0 unspecified atom stereocenters. The summed E-state index contributed by atoms with van der Waals surface area (Å²) in [7, 11) is -3.74. The third kappa shape index (κ3) is 3.63. The van der Waals surface area contributed by atoms with E-state index in [-0.39, 0.29) is 10.8 Å². The Bertz CT molecular complexity index is 1100. The van der Waals surface area contributed by atoms with Gasteiger partial charge in [0.2, 0.25) is 15.9 Å². The van der Waals surface area contributed by atoms with Crippen LogP contribution in [0.5, 0.6) is 0 Å². The number of benzene rings is 2. The van der Waals surface area contributed by atoms with E-state index in [1.807, 2.05) is 36.4 Å². The quantitative estimate of drug-likeness (QED) is 0.720. The van der Waals surface area contributed by atoms with Gasteiger partial charge in [-0.15, -0.1) is 0 Å². The van der Waals surface area contributed by atoms with Crippen molar-refractivity contribution in [3.63, 3.8) is 0 Å². The molecule has 1 aliphatic heterocycles. The molecule has 0 spiro atoms. The highest BCUT2D eigenvalue weighted by atomic mass is 32.2. The van der Waals surface area contributed by atoms with Gasteiger partial charge in [-0.05, 0) is 53.4 Å². The minimum atomic E-state index is -3.74. The number of aromatic nitrogens is 1. The van der Waals surface area contributed by atoms with Crippen molar-refractivity contribution in [2.45, 2.75) is 30.3 Å². The van der Waals surface area contributed by atoms with Gasteiger partial charge in [0.25, 0.3) is 0 Å². The van der Waals surface area contributed by atoms with E-state index < -0.39 is 16.1 Å². The number of amides is 1. The van der Waals surface area contributed by atoms with Crippen LogP contribution in [0, 0.1) is 0 Å². The molecule has 4 rings (SSSR count). The molecule has 1 aliphatic rings. The Morgan fingerprint density at radius 3 is 2.61 bits per heavy atom. The number of rotatable bonds is 5. The highest BCUT2D eigenvalue weighted by Crippen LogP contribution is 2.28. The Morgan fingerprint density at radius 2 is 1.82 bits per heavy atom. The minimum Gasteiger partial charge on any atom is -0.351 e. The number of nitrogens with zero attached hydrogens (tertiary/aromatic N) is 2. The van der Waals surface area contributed by atoms with Crippen molar-refractivity contribution in [1.29, 1.82) is 0 Å². The molecule has 2 heterocycles. The molecule has 0 bridgehead atoms. The van der Waals surface area contributed by atoms with Gasteiger partial charge in [0, 0.05) is 25.5 Å². The van der Waals surface area contributed by atoms with E-state index in [0.29, 0.717) is 25.9 Å². The van der Waals surface area contributed by atoms with E-state index >= 15 is 0 Å². The van der Waals surface area contributed by atoms with Crippen LogP contribution in [0.2, 0.25) is 0 Å². The lowest BCUT2D eigenvalue weighted by molar-refractivity contribution is -0.124. The summed E-state index contributed by atoms with van der Waals surface area (Å²) < 4.78 is 27.7. The van der Waals surface area contributed by atoms with Crippen molar-refractivity contribution in [2.75, 3.05) is 6.54 Å². The number of carbonyl (C=O) groups is 1. The smallest absolute Gasteiger partial charge is 0.243 e. The highest BCUT2D eigenvalue weighted by molar-refractivity contribution is 7.89. The molecule has 7 heteroatoms. The van der Waals surface area contributed by atoms with E-state index in [1.165, 1.54) is 4.31 Å². The lowest BCUT2D eigenvalue weighted by Crippen LogP contribution is -2.45. The predicted octanol–water partition coefficient (Wildman–Crippen LogP) is 2.70. The SMILES string of the molecule is O=C(NCc1ccncc1)[C@H]1CCCN1S(=O)(=O)c1ccc2ccccc2c1. The van der Waals surface area contributed by atoms with E-state index in [9.17, 15) is 13.2 Å². The summed E-state index contributed by atoms with van der Waals surface area (Å²) in [5.41, 5.74) is 0.922. The van der Waals surface area contributed by atoms with Gasteiger partial charge in [0.15, 0.2) is 0 Å². The van der Waals surface area contributed by atoms with E-state index in [2.05, 4.69) is 10.3 Å². The van der Waals surface area contributed by atoms with Gasteiger partial charge >= 0.3 is 0 Å². The topological polar surface area (TPSA) is 79.4 Å². The van der Waals surface area contributed by atoms with Gasteiger partial charge in [-0.3, -0.25) is 9.78 Å². The molecular weight excluding hydrogens is 374 g/mol. The van der Waals surface area contributed by atoms with E-state index in [0.717, 1.165) is 16.3 Å². The molecule has 0 saturated carbocycles. The first-order valence-corrected chi connectivity index (χ1v) is 10.7. The fraction of sp³-hybridized carbons (Fsp3) is 0.238. The molecule has 28 heavy (non-hydrogen) atoms. The second kappa shape index (κ2) is 7.69. The van der Waals surface area contributed by atoms with E-state index in [1.54, 1.807) is 30.6 Å². The van der Waals surface area contributed by atoms with Crippen LogP contribution in [0.1, 0.15) is 18.4 Å². The van der Waals surface area contributed by atoms with Crippen molar-refractivity contribution >= 4 is 26.7 Å². The molecule has 3 aromatic rings. The zero-order valence-electron chi connectivity index (χ0n) is 15.3. The lowest BCUT2D eigenvalue weighted by atomic mass is 10.1. The van der Waals surface area contributed by atoms with Gasteiger partial charge in [0.05, 0.1) is 4.90 Å². The lowest BCUT2D eigenvalue weighted by Gasteiger charge is -2.23. The van der Waals surface area contributed by atoms with Crippen LogP contribution in [0.3, 0.4) is 0 Å². The molecule has 1 fully saturated rings. The van der Waals surface area contributed by atoms with Gasteiger partial charge in [-0.1, -0.05) is 30.3 Å². The molecule has 1 atom stereocenters. The Kier molecular flexibility index (Phi) is 5.11. The minimum absolute atomic E-state index is 0.222. The second-order valence-electron chi connectivity index (χ2n) is 6.86. The van der Waals surface area contributed by atoms with Crippen molar-refractivity contribution < 1.29 is 13.2 Å². The number of carbonyl (C=O) groups excluding carboxylic acids is 1. The average Bonchev–Trinajstić information content (AvgIpc) is 3.23. The van der Waals surface area contributed by atoms with Crippen molar-refractivity contribution in [2.24, 2.45) is 0 Å². The van der Waals surface area contributed by atoms with Crippen LogP contribution < -0.4 is 5.32 Å². The Balaban J connectivity index is 1.54. The average molecular weight is 395 g/mol. The van der Waals surface area contributed by atoms with Gasteiger partial charge in [0.1, 0.15) is 6.04 Å². The Morgan fingerprint density at radius 1 is 1.07 bits per heavy atom. The Hall–Kier alpha value is -2.77. The largest absolute Gasteiger partial charge is 0.351 e. The number of fused-ring (bicyclic) bond motifs is 1. The van der Waals surface area contributed by atoms with Crippen LogP contribution in [0.25, 0.3) is 10.8 Å². The van der Waals surface area contributed by atoms with Gasteiger partial charge < -0.3 is 5.32 Å². The maximum absolute atomic E-state index is 13.2. The van der Waals surface area contributed by atoms with Crippen molar-refractivity contribution in [3.05, 3.63) is 72.6 Å². The summed E-state index contributed by atoms with van der Waals surface area (Å²) in [5, 5.41) is 4.69. The summed E-state index contributed by atoms with van der Waals surface area (Å²) in [5.74, 6) is -0.265. The number of sulfonamides is 1. The molecular formula is C21H21N3O3S.